The minimum absolute atomic E-state index is 0.0382. The number of Topliss-reactive ketones (excluding diaryl/α,β-unsaturated/α-hetero) is 1. The fourth-order valence-electron chi connectivity index (χ4n) is 8.87. The Morgan fingerprint density at radius 2 is 1.62 bits per heavy atom. The van der Waals surface area contributed by atoms with E-state index in [0.717, 1.165) is 37.7 Å². The molecule has 2 fully saturated rings. The Bertz CT molecular complexity index is 932. The number of aliphatic hydroxyl groups is 2. The molecule has 0 amide bonds. The summed E-state index contributed by atoms with van der Waals surface area (Å²) in [7, 11) is 0. The lowest BCUT2D eigenvalue weighted by Gasteiger charge is -2.64. The SMILES string of the molecule is C[C@H](CCC=C(CO)CO)[C@H]1CC[C@@]2(C)C3=CC[C@@]4(C)C(C)(C)C(=O)CC[C@]4(C)C3=CC[C@]12C. The average Bonchev–Trinajstić information content (AvgIpc) is 3.07. The number of ketones is 1. The maximum absolute atomic E-state index is 13.0. The molecule has 190 valence electrons. The first-order valence-electron chi connectivity index (χ1n) is 13.7. The fraction of sp³-hybridized carbons (Fsp3) is 0.774. The zero-order chi connectivity index (χ0) is 25.2. The molecule has 6 atom stereocenters. The van der Waals surface area contributed by atoms with Crippen molar-refractivity contribution in [2.75, 3.05) is 13.2 Å². The quantitative estimate of drug-likeness (QED) is 0.422. The smallest absolute Gasteiger partial charge is 0.139 e. The highest BCUT2D eigenvalue weighted by atomic mass is 16.3. The normalized spacial score (nSPS) is 41.6. The molecular weight excluding hydrogens is 420 g/mol. The van der Waals surface area contributed by atoms with E-state index in [1.54, 1.807) is 11.1 Å². The second-order valence-corrected chi connectivity index (χ2v) is 13.5. The molecule has 0 saturated heterocycles. The van der Waals surface area contributed by atoms with Crippen LogP contribution < -0.4 is 0 Å². The van der Waals surface area contributed by atoms with Crippen molar-refractivity contribution in [3.05, 3.63) is 34.9 Å². The summed E-state index contributed by atoms with van der Waals surface area (Å²) < 4.78 is 0. The van der Waals surface area contributed by atoms with E-state index in [1.807, 2.05) is 6.08 Å². The van der Waals surface area contributed by atoms with Gasteiger partial charge in [-0.15, -0.1) is 0 Å². The summed E-state index contributed by atoms with van der Waals surface area (Å²) in [5, 5.41) is 18.7. The van der Waals surface area contributed by atoms with Crippen LogP contribution in [-0.4, -0.2) is 29.2 Å². The fourth-order valence-corrected chi connectivity index (χ4v) is 8.87. The lowest BCUT2D eigenvalue weighted by molar-refractivity contribution is -0.150. The Labute approximate surface area is 207 Å². The minimum Gasteiger partial charge on any atom is -0.392 e. The summed E-state index contributed by atoms with van der Waals surface area (Å²) in [6.45, 7) is 16.6. The first-order valence-corrected chi connectivity index (χ1v) is 13.7. The average molecular weight is 469 g/mol. The van der Waals surface area contributed by atoms with Crippen molar-refractivity contribution in [1.82, 2.24) is 0 Å². The van der Waals surface area contributed by atoms with Gasteiger partial charge in [0.1, 0.15) is 5.78 Å². The van der Waals surface area contributed by atoms with Gasteiger partial charge in [0.25, 0.3) is 0 Å². The standard InChI is InChI=1S/C31H48O3/c1-21(9-8-10-22(19-32)20-33)23-11-15-29(5)24-13-18-31(7)27(2,3)26(34)14-17-30(31,6)25(24)12-16-28(23,29)4/h10,12-13,21,23,32-33H,8-9,11,14-20H2,1-7H3/t21-,23-,28-,29+,30-,31+/m1/s1. The van der Waals surface area contributed by atoms with Crippen LogP contribution in [0, 0.1) is 38.9 Å². The van der Waals surface area contributed by atoms with E-state index in [4.69, 9.17) is 0 Å². The van der Waals surface area contributed by atoms with Gasteiger partial charge in [0, 0.05) is 11.8 Å². The second kappa shape index (κ2) is 8.44. The van der Waals surface area contributed by atoms with Crippen molar-refractivity contribution in [3.63, 3.8) is 0 Å². The first kappa shape index (κ1) is 25.9. The van der Waals surface area contributed by atoms with Gasteiger partial charge in [0.2, 0.25) is 0 Å². The number of rotatable bonds is 6. The van der Waals surface area contributed by atoms with Crippen molar-refractivity contribution < 1.29 is 15.0 Å². The van der Waals surface area contributed by atoms with Gasteiger partial charge in [-0.25, -0.2) is 0 Å². The van der Waals surface area contributed by atoms with Crippen LogP contribution in [0.1, 0.15) is 99.8 Å². The number of hydrogen-bond acceptors (Lipinski definition) is 3. The van der Waals surface area contributed by atoms with Crippen molar-refractivity contribution in [2.24, 2.45) is 38.9 Å². The molecule has 3 nitrogen and oxygen atoms in total. The molecule has 3 heteroatoms. The zero-order valence-electron chi connectivity index (χ0n) is 22.8. The van der Waals surface area contributed by atoms with Gasteiger partial charge in [0.05, 0.1) is 13.2 Å². The number of carbonyl (C=O) groups is 1. The van der Waals surface area contributed by atoms with E-state index >= 15 is 0 Å². The Kier molecular flexibility index (Phi) is 6.43. The first-order chi connectivity index (χ1) is 15.8. The lowest BCUT2D eigenvalue weighted by Crippen LogP contribution is -2.59. The van der Waals surface area contributed by atoms with Crippen LogP contribution in [-0.2, 0) is 4.79 Å². The maximum atomic E-state index is 13.0. The van der Waals surface area contributed by atoms with Gasteiger partial charge in [0.15, 0.2) is 0 Å². The molecule has 0 spiro atoms. The number of fused-ring (bicyclic) bond motifs is 5. The summed E-state index contributed by atoms with van der Waals surface area (Å²) >= 11 is 0. The summed E-state index contributed by atoms with van der Waals surface area (Å²) in [6.07, 6.45) is 15.5. The van der Waals surface area contributed by atoms with Crippen LogP contribution in [0.3, 0.4) is 0 Å². The van der Waals surface area contributed by atoms with Crippen LogP contribution in [0.25, 0.3) is 0 Å². The highest BCUT2D eigenvalue weighted by molar-refractivity contribution is 5.87. The zero-order valence-corrected chi connectivity index (χ0v) is 22.8. The van der Waals surface area contributed by atoms with Crippen LogP contribution in [0.15, 0.2) is 34.9 Å². The third-order valence-electron chi connectivity index (χ3n) is 12.3. The van der Waals surface area contributed by atoms with E-state index in [0.29, 0.717) is 24.0 Å². The Morgan fingerprint density at radius 1 is 1.00 bits per heavy atom. The number of hydrogen-bond donors (Lipinski definition) is 2. The lowest BCUT2D eigenvalue weighted by atomic mass is 9.39. The summed E-state index contributed by atoms with van der Waals surface area (Å²) in [5.74, 6) is 1.71. The van der Waals surface area contributed by atoms with Crippen LogP contribution in [0.4, 0.5) is 0 Å². The van der Waals surface area contributed by atoms with E-state index in [1.165, 1.54) is 12.8 Å². The number of aliphatic hydroxyl groups excluding tert-OH is 2. The minimum atomic E-state index is -0.299. The Morgan fingerprint density at radius 3 is 2.26 bits per heavy atom. The summed E-state index contributed by atoms with van der Waals surface area (Å²) in [5.41, 5.74) is 4.04. The van der Waals surface area contributed by atoms with Crippen LogP contribution >= 0.6 is 0 Å². The van der Waals surface area contributed by atoms with Gasteiger partial charge < -0.3 is 10.2 Å². The third kappa shape index (κ3) is 3.25. The van der Waals surface area contributed by atoms with Gasteiger partial charge in [-0.3, -0.25) is 4.79 Å². The summed E-state index contributed by atoms with van der Waals surface area (Å²) in [6, 6.07) is 0. The predicted molar refractivity (Wildman–Crippen MR) is 139 cm³/mol. The number of allylic oxidation sites excluding steroid dienone is 5. The maximum Gasteiger partial charge on any atom is 0.139 e. The van der Waals surface area contributed by atoms with E-state index in [-0.39, 0.29) is 40.3 Å². The van der Waals surface area contributed by atoms with E-state index in [9.17, 15) is 15.0 Å². The molecule has 0 unspecified atom stereocenters. The van der Waals surface area contributed by atoms with E-state index < -0.39 is 0 Å². The van der Waals surface area contributed by atoms with Gasteiger partial charge in [-0.05, 0) is 95.2 Å². The van der Waals surface area contributed by atoms with Crippen molar-refractivity contribution >= 4 is 5.78 Å². The Balaban J connectivity index is 1.65. The van der Waals surface area contributed by atoms with Gasteiger partial charge >= 0.3 is 0 Å². The highest BCUT2D eigenvalue weighted by Gasteiger charge is 2.66. The molecule has 4 rings (SSSR count). The van der Waals surface area contributed by atoms with Gasteiger partial charge in [-0.1, -0.05) is 66.7 Å². The van der Waals surface area contributed by atoms with Crippen molar-refractivity contribution in [1.29, 1.82) is 0 Å². The largest absolute Gasteiger partial charge is 0.392 e. The molecular formula is C31H48O3. The molecule has 0 aromatic carbocycles. The van der Waals surface area contributed by atoms with Crippen LogP contribution in [0.5, 0.6) is 0 Å². The molecule has 0 aromatic rings. The second-order valence-electron chi connectivity index (χ2n) is 13.5. The third-order valence-corrected chi connectivity index (χ3v) is 12.3. The highest BCUT2D eigenvalue weighted by Crippen LogP contribution is 2.74. The summed E-state index contributed by atoms with van der Waals surface area (Å²) in [4.78, 5) is 13.0. The van der Waals surface area contributed by atoms with Gasteiger partial charge in [-0.2, -0.15) is 0 Å². The molecule has 0 bridgehead atoms. The van der Waals surface area contributed by atoms with Crippen molar-refractivity contribution in [2.45, 2.75) is 99.8 Å². The molecule has 34 heavy (non-hydrogen) atoms. The predicted octanol–water partition coefficient (Wildman–Crippen LogP) is 6.80. The molecule has 2 saturated carbocycles. The Hall–Kier alpha value is -1.19. The molecule has 0 aromatic heterocycles. The monoisotopic (exact) mass is 468 g/mol. The molecule has 2 N–H and O–H groups in total. The molecule has 0 aliphatic heterocycles. The molecule has 4 aliphatic rings. The van der Waals surface area contributed by atoms with E-state index in [2.05, 4.69) is 60.6 Å². The molecule has 0 radical (unpaired) electrons. The topological polar surface area (TPSA) is 57.5 Å². The van der Waals surface area contributed by atoms with Crippen LogP contribution in [0.2, 0.25) is 0 Å². The van der Waals surface area contributed by atoms with Crippen molar-refractivity contribution in [3.8, 4) is 0 Å². The number of carbonyl (C=O) groups excluding carboxylic acids is 1. The molecule has 0 heterocycles. The molecule has 4 aliphatic carbocycles.